The topological polar surface area (TPSA) is 207 Å². The molecule has 0 aromatic carbocycles. The Balaban J connectivity index is 0.00000720. The van der Waals surface area contributed by atoms with Crippen LogP contribution in [-0.2, 0) is 34.7 Å². The fourth-order valence-electron chi connectivity index (χ4n) is 7.88. The van der Waals surface area contributed by atoms with Crippen molar-refractivity contribution in [2.24, 2.45) is 43.6 Å². The van der Waals surface area contributed by atoms with Crippen LogP contribution >= 0.6 is 0 Å². The van der Waals surface area contributed by atoms with E-state index in [2.05, 4.69) is 29.5 Å². The summed E-state index contributed by atoms with van der Waals surface area (Å²) in [6, 6.07) is 0. The SMILES string of the molecule is CC[C@H]1C2=CC3=NC(=C(CC(=O)OC)C4=NC(=CC5=C(C)/C(=C(/C)[O-])C(=N5)C=C(N2)[C@@H]1C)[C@@H](C)[C@@H]4CCC(=O)NCCN(C)C)C(C([O-])=NCC(O)CO)=C3C.[Pd+2]. The number of aliphatic hydroxyl groups is 2. The summed E-state index contributed by atoms with van der Waals surface area (Å²) in [7, 11) is 5.15. The first-order valence-electron chi connectivity index (χ1n) is 19.3. The number of allylic oxidation sites excluding steroid dienone is 10. The van der Waals surface area contributed by atoms with Crippen molar-refractivity contribution in [3.05, 3.63) is 80.3 Å². The molecule has 5 aliphatic heterocycles. The molecule has 5 atom stereocenters. The van der Waals surface area contributed by atoms with Crippen molar-refractivity contribution in [2.75, 3.05) is 47.4 Å². The van der Waals surface area contributed by atoms with Crippen molar-refractivity contribution in [3.8, 4) is 0 Å². The number of likely N-dealkylation sites (N-methyl/N-ethyl adjacent to an activating group) is 1. The van der Waals surface area contributed by atoms with Gasteiger partial charge in [0.1, 0.15) is 0 Å². The second-order valence-electron chi connectivity index (χ2n) is 15.3. The van der Waals surface area contributed by atoms with Crippen molar-refractivity contribution < 1.29 is 55.2 Å². The van der Waals surface area contributed by atoms with Crippen LogP contribution in [0.4, 0.5) is 0 Å². The minimum Gasteiger partial charge on any atom is -0.875 e. The molecule has 0 saturated carbocycles. The summed E-state index contributed by atoms with van der Waals surface area (Å²) < 4.78 is 5.18. The minimum atomic E-state index is -1.24. The van der Waals surface area contributed by atoms with Gasteiger partial charge in [-0.15, -0.1) is 5.76 Å². The van der Waals surface area contributed by atoms with Crippen LogP contribution in [0.25, 0.3) is 0 Å². The number of fused-ring (bicyclic) bond motifs is 5. The van der Waals surface area contributed by atoms with E-state index in [4.69, 9.17) is 19.7 Å². The summed E-state index contributed by atoms with van der Waals surface area (Å²) >= 11 is 0. The summed E-state index contributed by atoms with van der Waals surface area (Å²) in [5, 5.41) is 53.3. The number of hydrogen-bond donors (Lipinski definition) is 4. The molecule has 310 valence electrons. The molecule has 1 saturated heterocycles. The number of carbonyl (C=O) groups is 2. The molecular weight excluding hydrogens is 821 g/mol. The molecule has 1 amide bonds. The molecule has 0 radical (unpaired) electrons. The van der Waals surface area contributed by atoms with Gasteiger partial charge in [0.25, 0.3) is 0 Å². The zero-order valence-corrected chi connectivity index (χ0v) is 35.8. The van der Waals surface area contributed by atoms with Crippen molar-refractivity contribution in [2.45, 2.75) is 73.3 Å². The quantitative estimate of drug-likeness (QED) is 0.0703. The number of carbonyl (C=O) groups excluding carboxylic acids is 2. The smallest absolute Gasteiger partial charge is 0.875 e. The van der Waals surface area contributed by atoms with E-state index in [1.165, 1.54) is 14.0 Å². The summed E-state index contributed by atoms with van der Waals surface area (Å²) in [6.07, 6.45) is 5.53. The largest absolute Gasteiger partial charge is 2.00 e. The molecule has 5 heterocycles. The van der Waals surface area contributed by atoms with Crippen LogP contribution in [0.3, 0.4) is 0 Å². The molecule has 0 aromatic heterocycles. The van der Waals surface area contributed by atoms with Crippen LogP contribution < -0.4 is 20.8 Å². The van der Waals surface area contributed by atoms with Gasteiger partial charge in [-0.2, -0.15) is 0 Å². The van der Waals surface area contributed by atoms with Crippen LogP contribution in [0.15, 0.2) is 100 Å². The number of aliphatic imine (C=N–C) groups is 4. The first-order chi connectivity index (χ1) is 26.6. The number of ether oxygens (including phenoxy) is 1. The van der Waals surface area contributed by atoms with Crippen molar-refractivity contribution >= 4 is 34.9 Å². The Morgan fingerprint density at radius 3 is 2.37 bits per heavy atom. The number of rotatable bonds is 13. The van der Waals surface area contributed by atoms with Gasteiger partial charge in [0, 0.05) is 71.4 Å². The Hall–Kier alpha value is -4.26. The number of esters is 1. The maximum atomic E-state index is 14.1. The first-order valence-corrected chi connectivity index (χ1v) is 19.3. The van der Waals surface area contributed by atoms with Gasteiger partial charge in [-0.1, -0.05) is 27.7 Å². The first kappa shape index (κ1) is 45.4. The second kappa shape index (κ2) is 19.5. The third-order valence-electron chi connectivity index (χ3n) is 11.2. The van der Waals surface area contributed by atoms with Crippen molar-refractivity contribution in [1.82, 2.24) is 15.5 Å². The number of aliphatic hydroxyl groups excluding tert-OH is 2. The Morgan fingerprint density at radius 2 is 1.74 bits per heavy atom. The summed E-state index contributed by atoms with van der Waals surface area (Å²) in [4.78, 5) is 47.7. The predicted octanol–water partition coefficient (Wildman–Crippen LogP) is 2.14. The van der Waals surface area contributed by atoms with Crippen LogP contribution in [0.5, 0.6) is 0 Å². The average molecular weight is 876 g/mol. The van der Waals surface area contributed by atoms with Gasteiger partial charge >= 0.3 is 26.4 Å². The van der Waals surface area contributed by atoms with E-state index in [1.54, 1.807) is 6.92 Å². The number of methoxy groups -OCH3 is 1. The van der Waals surface area contributed by atoms with Gasteiger partial charge in [-0.3, -0.25) is 19.6 Å². The zero-order chi connectivity index (χ0) is 41.0. The molecule has 1 fully saturated rings. The fourth-order valence-corrected chi connectivity index (χ4v) is 7.88. The van der Waals surface area contributed by atoms with Gasteiger partial charge in [0.2, 0.25) is 5.91 Å². The molecule has 8 bridgehead atoms. The van der Waals surface area contributed by atoms with Gasteiger partial charge in [0.15, 0.2) is 0 Å². The van der Waals surface area contributed by atoms with E-state index >= 15 is 0 Å². The van der Waals surface area contributed by atoms with Crippen molar-refractivity contribution in [1.29, 1.82) is 0 Å². The second-order valence-corrected chi connectivity index (χ2v) is 15.3. The number of nitrogens with one attached hydrogen (secondary N) is 2. The van der Waals surface area contributed by atoms with E-state index in [0.717, 1.165) is 23.4 Å². The Bertz CT molecular complexity index is 1990. The third-order valence-corrected chi connectivity index (χ3v) is 11.2. The monoisotopic (exact) mass is 875 g/mol. The summed E-state index contributed by atoms with van der Waals surface area (Å²) in [6.45, 7) is 11.7. The Labute approximate surface area is 349 Å². The summed E-state index contributed by atoms with van der Waals surface area (Å²) in [5.74, 6) is -2.05. The number of amides is 1. The zero-order valence-electron chi connectivity index (χ0n) is 34.3. The van der Waals surface area contributed by atoms with Gasteiger partial charge in [-0.05, 0) is 81.6 Å². The molecular formula is C42H55N7O7Pd. The predicted molar refractivity (Wildman–Crippen MR) is 213 cm³/mol. The van der Waals surface area contributed by atoms with Crippen molar-refractivity contribution in [3.63, 3.8) is 0 Å². The van der Waals surface area contributed by atoms with Crippen LogP contribution in [0, 0.1) is 23.7 Å². The molecule has 0 aromatic rings. The molecule has 1 unspecified atom stereocenters. The molecule has 0 aliphatic carbocycles. The molecule has 0 spiro atoms. The van der Waals surface area contributed by atoms with Crippen LogP contribution in [-0.4, -0.2) is 104 Å². The maximum Gasteiger partial charge on any atom is 2.00 e. The summed E-state index contributed by atoms with van der Waals surface area (Å²) in [5.41, 5.74) is 7.00. The Morgan fingerprint density at radius 1 is 1.04 bits per heavy atom. The maximum absolute atomic E-state index is 14.1. The van der Waals surface area contributed by atoms with Crippen LogP contribution in [0.1, 0.15) is 67.2 Å². The number of hydrogen-bond acceptors (Lipinski definition) is 13. The van der Waals surface area contributed by atoms with Gasteiger partial charge in [-0.25, -0.2) is 9.98 Å². The number of nitrogens with zero attached hydrogens (tertiary/aromatic N) is 5. The van der Waals surface area contributed by atoms with E-state index in [-0.39, 0.29) is 80.5 Å². The molecule has 5 rings (SSSR count). The Kier molecular flexibility index (Phi) is 15.5. The molecule has 14 nitrogen and oxygen atoms in total. The minimum absolute atomic E-state index is 0. The molecule has 15 heteroatoms. The molecule has 4 N–H and O–H groups in total. The standard InChI is InChI=1S/C42H57N7O7.Pd/c1-10-27-21(2)30-18-35-38(25(6)51)23(4)32(46-35)16-31-22(3)28(11-12-36(53)43-13-14-49(7)8)40(47-31)29(15-37(54)56-9)41-39(42(55)44-19-26(52)20-50)24(5)33(48-41)17-34(27)45-30;/h16-18,21-22,26-28,45,50-52H,10-15,19-20H2,1-9H3,(H,43,53)(H,44,55);/q;+2/p-2/b30-18?,31-16?,34-17?,38-25+,41-29?;/t21-,22+,26?,27-,28+;/m1./s1. The normalized spacial score (nSPS) is 24.7. The van der Waals surface area contributed by atoms with Gasteiger partial charge < -0.3 is 40.7 Å². The fraction of sp³-hybridized carbons (Fsp3) is 0.524. The van der Waals surface area contributed by atoms with Crippen LogP contribution in [0.2, 0.25) is 0 Å². The average Bonchev–Trinajstić information content (AvgIpc) is 3.84. The molecule has 5 aliphatic rings. The van der Waals surface area contributed by atoms with Gasteiger partial charge in [0.05, 0.1) is 61.3 Å². The van der Waals surface area contributed by atoms with E-state index in [0.29, 0.717) is 64.8 Å². The van der Waals surface area contributed by atoms with E-state index in [1.807, 2.05) is 51.1 Å². The van der Waals surface area contributed by atoms with E-state index < -0.39 is 30.5 Å². The molecule has 57 heavy (non-hydrogen) atoms. The van der Waals surface area contributed by atoms with E-state index in [9.17, 15) is 30.0 Å². The third kappa shape index (κ3) is 9.90.